The van der Waals surface area contributed by atoms with Crippen molar-refractivity contribution >= 4 is 11.8 Å². The fourth-order valence-corrected chi connectivity index (χ4v) is 1.73. The maximum absolute atomic E-state index is 5.63. The molecule has 0 fully saturated rings. The Hall–Kier alpha value is -1.41. The first kappa shape index (κ1) is 11.1. The van der Waals surface area contributed by atoms with Crippen molar-refractivity contribution in [2.75, 3.05) is 6.26 Å². The summed E-state index contributed by atoms with van der Waals surface area (Å²) in [6.45, 7) is 0.593. The molecular formula is C14H13OS. The van der Waals surface area contributed by atoms with Gasteiger partial charge in [-0.05, 0) is 30.0 Å². The molecule has 0 N–H and O–H groups in total. The van der Waals surface area contributed by atoms with Gasteiger partial charge in [0.15, 0.2) is 0 Å². The molecule has 1 nitrogen and oxygen atoms in total. The van der Waals surface area contributed by atoms with Crippen LogP contribution >= 0.6 is 11.8 Å². The summed E-state index contributed by atoms with van der Waals surface area (Å²) in [4.78, 5) is 1.20. The normalized spacial score (nSPS) is 10.1. The van der Waals surface area contributed by atoms with Gasteiger partial charge in [-0.2, -0.15) is 0 Å². The van der Waals surface area contributed by atoms with Crippen molar-refractivity contribution < 1.29 is 4.74 Å². The predicted octanol–water partition coefficient (Wildman–Crippen LogP) is 3.79. The SMILES string of the molecule is CSc1c[c]c(OCc2ccccc2)cc1. The van der Waals surface area contributed by atoms with Crippen LogP contribution < -0.4 is 4.74 Å². The van der Waals surface area contributed by atoms with Gasteiger partial charge in [0.2, 0.25) is 0 Å². The van der Waals surface area contributed by atoms with Crippen LogP contribution in [0.4, 0.5) is 0 Å². The van der Waals surface area contributed by atoms with Crippen LogP contribution in [0.15, 0.2) is 53.4 Å². The molecule has 2 rings (SSSR count). The Balaban J connectivity index is 1.94. The van der Waals surface area contributed by atoms with Crippen LogP contribution in [0.2, 0.25) is 0 Å². The van der Waals surface area contributed by atoms with Crippen molar-refractivity contribution in [3.63, 3.8) is 0 Å². The van der Waals surface area contributed by atoms with Crippen molar-refractivity contribution in [1.82, 2.24) is 0 Å². The van der Waals surface area contributed by atoms with E-state index in [1.165, 1.54) is 10.5 Å². The van der Waals surface area contributed by atoms with Crippen molar-refractivity contribution in [1.29, 1.82) is 0 Å². The molecule has 2 aromatic rings. The zero-order valence-corrected chi connectivity index (χ0v) is 9.96. The van der Waals surface area contributed by atoms with Crippen molar-refractivity contribution in [2.24, 2.45) is 0 Å². The number of hydrogen-bond acceptors (Lipinski definition) is 2. The zero-order valence-electron chi connectivity index (χ0n) is 9.14. The molecule has 0 aliphatic rings. The minimum atomic E-state index is 0.593. The van der Waals surface area contributed by atoms with E-state index in [4.69, 9.17) is 4.74 Å². The molecule has 2 heteroatoms. The summed E-state index contributed by atoms with van der Waals surface area (Å²) in [7, 11) is 0. The van der Waals surface area contributed by atoms with Gasteiger partial charge < -0.3 is 4.74 Å². The standard InChI is InChI=1S/C14H13OS/c1-16-14-9-7-13(8-10-14)15-11-12-5-3-2-4-6-12/h2-7,9-10H,11H2,1H3. The number of rotatable bonds is 4. The highest BCUT2D eigenvalue weighted by atomic mass is 32.2. The van der Waals surface area contributed by atoms with E-state index in [2.05, 4.69) is 18.2 Å². The topological polar surface area (TPSA) is 9.23 Å². The van der Waals surface area contributed by atoms with Gasteiger partial charge in [-0.1, -0.05) is 30.3 Å². The molecule has 1 radical (unpaired) electrons. The molecule has 0 amide bonds. The Bertz CT molecular complexity index is 422. The van der Waals surface area contributed by atoms with E-state index in [1.807, 2.05) is 42.7 Å². The third-order valence-electron chi connectivity index (χ3n) is 2.23. The van der Waals surface area contributed by atoms with Gasteiger partial charge in [-0.3, -0.25) is 0 Å². The lowest BCUT2D eigenvalue weighted by Crippen LogP contribution is -1.94. The molecule has 2 aromatic carbocycles. The molecule has 0 saturated heterocycles. The summed E-state index contributed by atoms with van der Waals surface area (Å²) in [5.41, 5.74) is 1.17. The largest absolute Gasteiger partial charge is 0.488 e. The monoisotopic (exact) mass is 229 g/mol. The molecule has 0 saturated carbocycles. The number of ether oxygens (including phenoxy) is 1. The Morgan fingerprint density at radius 2 is 1.94 bits per heavy atom. The quantitative estimate of drug-likeness (QED) is 0.738. The molecule has 0 bridgehead atoms. The highest BCUT2D eigenvalue weighted by molar-refractivity contribution is 7.98. The second-order valence-electron chi connectivity index (χ2n) is 3.37. The molecule has 81 valence electrons. The van der Waals surface area contributed by atoms with Crippen molar-refractivity contribution in [3.8, 4) is 5.75 Å². The fourth-order valence-electron chi connectivity index (χ4n) is 1.35. The van der Waals surface area contributed by atoms with Gasteiger partial charge in [0, 0.05) is 11.0 Å². The summed E-state index contributed by atoms with van der Waals surface area (Å²) in [5.74, 6) is 0.793. The minimum Gasteiger partial charge on any atom is -0.488 e. The van der Waals surface area contributed by atoms with Crippen LogP contribution in [-0.2, 0) is 6.61 Å². The van der Waals surface area contributed by atoms with Gasteiger partial charge in [0.1, 0.15) is 12.4 Å². The third-order valence-corrected chi connectivity index (χ3v) is 2.95. The summed E-state index contributed by atoms with van der Waals surface area (Å²) < 4.78 is 5.63. The van der Waals surface area contributed by atoms with E-state index < -0.39 is 0 Å². The zero-order chi connectivity index (χ0) is 11.2. The molecule has 0 aliphatic carbocycles. The van der Waals surface area contributed by atoms with E-state index in [0.29, 0.717) is 6.61 Å². The van der Waals surface area contributed by atoms with Crippen LogP contribution in [0.25, 0.3) is 0 Å². The average molecular weight is 229 g/mol. The van der Waals surface area contributed by atoms with Crippen LogP contribution in [0.5, 0.6) is 5.75 Å². The second kappa shape index (κ2) is 5.61. The molecule has 0 aliphatic heterocycles. The van der Waals surface area contributed by atoms with Crippen LogP contribution in [0, 0.1) is 6.07 Å². The Labute approximate surface area is 100 Å². The highest BCUT2D eigenvalue weighted by Gasteiger charge is 1.96. The van der Waals surface area contributed by atoms with Crippen LogP contribution in [-0.4, -0.2) is 6.26 Å². The number of hydrogen-bond donors (Lipinski definition) is 0. The lowest BCUT2D eigenvalue weighted by Gasteiger charge is -2.06. The van der Waals surface area contributed by atoms with E-state index in [0.717, 1.165) is 5.75 Å². The molecule has 0 atom stereocenters. The molecule has 0 unspecified atom stereocenters. The maximum atomic E-state index is 5.63. The molecule has 0 heterocycles. The van der Waals surface area contributed by atoms with Crippen LogP contribution in [0.1, 0.15) is 5.56 Å². The van der Waals surface area contributed by atoms with E-state index >= 15 is 0 Å². The lowest BCUT2D eigenvalue weighted by atomic mass is 10.2. The van der Waals surface area contributed by atoms with Gasteiger partial charge in [-0.15, -0.1) is 11.8 Å². The van der Waals surface area contributed by atoms with E-state index in [-0.39, 0.29) is 0 Å². The first-order chi connectivity index (χ1) is 7.88. The highest BCUT2D eigenvalue weighted by Crippen LogP contribution is 2.19. The maximum Gasteiger partial charge on any atom is 0.127 e. The fraction of sp³-hybridized carbons (Fsp3) is 0.143. The molecule has 0 spiro atoms. The van der Waals surface area contributed by atoms with E-state index in [9.17, 15) is 0 Å². The summed E-state index contributed by atoms with van der Waals surface area (Å²) >= 11 is 1.71. The summed E-state index contributed by atoms with van der Waals surface area (Å²) in [5, 5.41) is 0. The number of benzene rings is 2. The number of thioether (sulfide) groups is 1. The Morgan fingerprint density at radius 1 is 1.12 bits per heavy atom. The second-order valence-corrected chi connectivity index (χ2v) is 4.25. The Morgan fingerprint density at radius 3 is 2.56 bits per heavy atom. The molecular weight excluding hydrogens is 216 g/mol. The van der Waals surface area contributed by atoms with Crippen molar-refractivity contribution in [2.45, 2.75) is 11.5 Å². The van der Waals surface area contributed by atoms with Gasteiger partial charge in [0.05, 0.1) is 0 Å². The first-order valence-corrected chi connectivity index (χ1v) is 6.33. The lowest BCUT2D eigenvalue weighted by molar-refractivity contribution is 0.305. The molecule has 16 heavy (non-hydrogen) atoms. The Kier molecular flexibility index (Phi) is 3.89. The summed E-state index contributed by atoms with van der Waals surface area (Å²) in [6.07, 6.45) is 2.05. The predicted molar refractivity (Wildman–Crippen MR) is 67.8 cm³/mol. The average Bonchev–Trinajstić information content (AvgIpc) is 2.38. The minimum absolute atomic E-state index is 0.593. The van der Waals surface area contributed by atoms with Gasteiger partial charge in [-0.25, -0.2) is 0 Å². The van der Waals surface area contributed by atoms with E-state index in [1.54, 1.807) is 11.8 Å². The summed E-state index contributed by atoms with van der Waals surface area (Å²) in [6, 6.07) is 19.2. The van der Waals surface area contributed by atoms with Crippen LogP contribution in [0.3, 0.4) is 0 Å². The van der Waals surface area contributed by atoms with Gasteiger partial charge >= 0.3 is 0 Å². The van der Waals surface area contributed by atoms with Gasteiger partial charge in [0.25, 0.3) is 0 Å². The third kappa shape index (κ3) is 3.04. The first-order valence-electron chi connectivity index (χ1n) is 5.11. The van der Waals surface area contributed by atoms with Crippen molar-refractivity contribution in [3.05, 3.63) is 60.2 Å². The molecule has 0 aromatic heterocycles. The smallest absolute Gasteiger partial charge is 0.127 e.